The highest BCUT2D eigenvalue weighted by molar-refractivity contribution is 6.04. The van der Waals surface area contributed by atoms with Crippen LogP contribution >= 0.6 is 0 Å². The van der Waals surface area contributed by atoms with Crippen LogP contribution in [0.5, 0.6) is 0 Å². The van der Waals surface area contributed by atoms with Gasteiger partial charge >= 0.3 is 5.97 Å². The van der Waals surface area contributed by atoms with E-state index in [1.807, 2.05) is 25.1 Å². The zero-order valence-electron chi connectivity index (χ0n) is 16.2. The van der Waals surface area contributed by atoms with Gasteiger partial charge in [-0.25, -0.2) is 9.78 Å². The van der Waals surface area contributed by atoms with Crippen LogP contribution in [0.25, 0.3) is 22.2 Å². The minimum atomic E-state index is -0.919. The van der Waals surface area contributed by atoms with E-state index in [1.54, 1.807) is 6.07 Å². The summed E-state index contributed by atoms with van der Waals surface area (Å²) in [6.07, 6.45) is 7.49. The smallest absolute Gasteiger partial charge is 0.336 e. The number of benzene rings is 2. The van der Waals surface area contributed by atoms with Gasteiger partial charge in [0.15, 0.2) is 0 Å². The van der Waals surface area contributed by atoms with Crippen LogP contribution in [-0.4, -0.2) is 16.1 Å². The molecule has 0 atom stereocenters. The molecule has 0 fully saturated rings. The number of pyridine rings is 1. The second-order valence-electron chi connectivity index (χ2n) is 7.19. The van der Waals surface area contributed by atoms with Gasteiger partial charge in [-0.1, -0.05) is 75.1 Å². The second-order valence-corrected chi connectivity index (χ2v) is 7.19. The van der Waals surface area contributed by atoms with Gasteiger partial charge in [0.05, 0.1) is 16.8 Å². The van der Waals surface area contributed by atoms with Crippen LogP contribution in [0.4, 0.5) is 0 Å². The third-order valence-corrected chi connectivity index (χ3v) is 5.09. The zero-order chi connectivity index (χ0) is 19.2. The van der Waals surface area contributed by atoms with Crippen LogP contribution in [0, 0.1) is 6.92 Å². The average molecular weight is 361 g/mol. The van der Waals surface area contributed by atoms with E-state index in [-0.39, 0.29) is 0 Å². The molecule has 0 saturated carbocycles. The molecule has 1 N–H and O–H groups in total. The second kappa shape index (κ2) is 8.81. The zero-order valence-corrected chi connectivity index (χ0v) is 16.2. The molecule has 0 aliphatic heterocycles. The molecule has 0 radical (unpaired) electrons. The summed E-state index contributed by atoms with van der Waals surface area (Å²) < 4.78 is 0. The number of aromatic nitrogens is 1. The van der Waals surface area contributed by atoms with E-state index in [2.05, 4.69) is 31.2 Å². The molecule has 1 aromatic heterocycles. The molecule has 0 bridgehead atoms. The van der Waals surface area contributed by atoms with Crippen molar-refractivity contribution in [2.45, 2.75) is 52.4 Å². The Labute approximate surface area is 161 Å². The number of aromatic carboxylic acids is 1. The number of hydrogen-bond donors (Lipinski definition) is 1. The highest BCUT2D eigenvalue weighted by atomic mass is 16.4. The van der Waals surface area contributed by atoms with E-state index in [0.717, 1.165) is 23.1 Å². The predicted octanol–water partition coefficient (Wildman–Crippen LogP) is 6.42. The van der Waals surface area contributed by atoms with E-state index in [9.17, 15) is 9.90 Å². The van der Waals surface area contributed by atoms with Crippen molar-refractivity contribution in [3.05, 3.63) is 65.2 Å². The first-order chi connectivity index (χ1) is 13.1. The Bertz CT molecular complexity index is 929. The van der Waals surface area contributed by atoms with Gasteiger partial charge in [0.25, 0.3) is 0 Å². The van der Waals surface area contributed by atoms with Crippen LogP contribution < -0.4 is 0 Å². The number of carbonyl (C=O) groups is 1. The number of fused-ring (bicyclic) bond motifs is 1. The third-order valence-electron chi connectivity index (χ3n) is 5.09. The lowest BCUT2D eigenvalue weighted by Crippen LogP contribution is -2.01. The first kappa shape index (κ1) is 19.1. The van der Waals surface area contributed by atoms with Gasteiger partial charge in [-0.05, 0) is 37.0 Å². The average Bonchev–Trinajstić information content (AvgIpc) is 2.68. The molecule has 3 nitrogen and oxygen atoms in total. The molecule has 3 rings (SSSR count). The number of carboxylic acids is 1. The number of carboxylic acid groups (broad SMARTS) is 1. The van der Waals surface area contributed by atoms with Gasteiger partial charge in [0.1, 0.15) is 0 Å². The lowest BCUT2D eigenvalue weighted by molar-refractivity contribution is 0.0699. The summed E-state index contributed by atoms with van der Waals surface area (Å²) in [5.74, 6) is -0.919. The van der Waals surface area contributed by atoms with E-state index < -0.39 is 5.97 Å². The van der Waals surface area contributed by atoms with E-state index >= 15 is 0 Å². The number of para-hydroxylation sites is 1. The Hall–Kier alpha value is -2.68. The molecule has 0 unspecified atom stereocenters. The molecular formula is C24H27NO2. The predicted molar refractivity (Wildman–Crippen MR) is 111 cm³/mol. The maximum Gasteiger partial charge on any atom is 0.336 e. The van der Waals surface area contributed by atoms with Gasteiger partial charge in [-0.2, -0.15) is 0 Å². The van der Waals surface area contributed by atoms with E-state index in [1.165, 1.54) is 37.7 Å². The molecule has 1 heterocycles. The number of nitrogens with zero attached hydrogens (tertiary/aromatic N) is 1. The van der Waals surface area contributed by atoms with Gasteiger partial charge in [-0.3, -0.25) is 0 Å². The summed E-state index contributed by atoms with van der Waals surface area (Å²) in [5.41, 5.74) is 5.04. The molecule has 2 aromatic carbocycles. The maximum atomic E-state index is 11.7. The molecule has 0 saturated heterocycles. The van der Waals surface area contributed by atoms with E-state index in [0.29, 0.717) is 16.6 Å². The van der Waals surface area contributed by atoms with Gasteiger partial charge < -0.3 is 5.11 Å². The number of rotatable bonds is 8. The molecule has 0 spiro atoms. The van der Waals surface area contributed by atoms with E-state index in [4.69, 9.17) is 4.98 Å². The van der Waals surface area contributed by atoms with Crippen LogP contribution in [0.15, 0.2) is 48.5 Å². The number of unbranched alkanes of at least 4 members (excludes halogenated alkanes) is 4. The third kappa shape index (κ3) is 4.54. The largest absolute Gasteiger partial charge is 0.478 e. The normalized spacial score (nSPS) is 11.0. The molecule has 3 aromatic rings. The minimum absolute atomic E-state index is 0.304. The molecule has 3 heteroatoms. The number of hydrogen-bond acceptors (Lipinski definition) is 2. The Morgan fingerprint density at radius 3 is 2.44 bits per heavy atom. The minimum Gasteiger partial charge on any atom is -0.478 e. The van der Waals surface area contributed by atoms with Crippen LogP contribution in [0.3, 0.4) is 0 Å². The van der Waals surface area contributed by atoms with Crippen molar-refractivity contribution in [3.63, 3.8) is 0 Å². The summed E-state index contributed by atoms with van der Waals surface area (Å²) in [6, 6.07) is 15.7. The van der Waals surface area contributed by atoms with Crippen molar-refractivity contribution in [3.8, 4) is 11.3 Å². The lowest BCUT2D eigenvalue weighted by Gasteiger charge is -2.10. The van der Waals surface area contributed by atoms with Gasteiger partial charge in [0, 0.05) is 10.9 Å². The molecule has 0 amide bonds. The standard InChI is InChI=1S/C24H27NO2/c1-3-4-5-6-7-10-18-12-14-19(15-13-18)22-16-21(24(26)27)20-11-8-9-17(2)23(20)25-22/h8-9,11-16H,3-7,10H2,1-2H3,(H,26,27). The Morgan fingerprint density at radius 2 is 1.74 bits per heavy atom. The Kier molecular flexibility index (Phi) is 6.23. The highest BCUT2D eigenvalue weighted by Gasteiger charge is 2.14. The van der Waals surface area contributed by atoms with Crippen molar-refractivity contribution in [2.24, 2.45) is 0 Å². The molecule has 140 valence electrons. The van der Waals surface area contributed by atoms with Crippen molar-refractivity contribution in [1.82, 2.24) is 4.98 Å². The fourth-order valence-electron chi connectivity index (χ4n) is 3.49. The summed E-state index contributed by atoms with van der Waals surface area (Å²) in [5, 5.41) is 10.3. The Morgan fingerprint density at radius 1 is 1.00 bits per heavy atom. The Balaban J connectivity index is 1.85. The number of aryl methyl sites for hydroxylation is 2. The molecule has 0 aliphatic rings. The molecular weight excluding hydrogens is 334 g/mol. The monoisotopic (exact) mass is 361 g/mol. The first-order valence-corrected chi connectivity index (χ1v) is 9.83. The quantitative estimate of drug-likeness (QED) is 0.471. The summed E-state index contributed by atoms with van der Waals surface area (Å²) in [4.78, 5) is 16.5. The van der Waals surface area contributed by atoms with Crippen molar-refractivity contribution < 1.29 is 9.90 Å². The lowest BCUT2D eigenvalue weighted by atomic mass is 10.00. The first-order valence-electron chi connectivity index (χ1n) is 9.83. The highest BCUT2D eigenvalue weighted by Crippen LogP contribution is 2.27. The summed E-state index contributed by atoms with van der Waals surface area (Å²) in [7, 11) is 0. The fraction of sp³-hybridized carbons (Fsp3) is 0.333. The topological polar surface area (TPSA) is 50.2 Å². The van der Waals surface area contributed by atoms with Gasteiger partial charge in [0.2, 0.25) is 0 Å². The molecule has 27 heavy (non-hydrogen) atoms. The summed E-state index contributed by atoms with van der Waals surface area (Å²) in [6.45, 7) is 4.20. The van der Waals surface area contributed by atoms with Crippen LogP contribution in [0.2, 0.25) is 0 Å². The van der Waals surface area contributed by atoms with Crippen molar-refractivity contribution >= 4 is 16.9 Å². The van der Waals surface area contributed by atoms with Crippen LogP contribution in [-0.2, 0) is 6.42 Å². The molecule has 0 aliphatic carbocycles. The van der Waals surface area contributed by atoms with Gasteiger partial charge in [-0.15, -0.1) is 0 Å². The SMILES string of the molecule is CCCCCCCc1ccc(-c2cc(C(=O)O)c3cccc(C)c3n2)cc1. The van der Waals surface area contributed by atoms with Crippen molar-refractivity contribution in [2.75, 3.05) is 0 Å². The summed E-state index contributed by atoms with van der Waals surface area (Å²) >= 11 is 0. The van der Waals surface area contributed by atoms with Crippen molar-refractivity contribution in [1.29, 1.82) is 0 Å². The van der Waals surface area contributed by atoms with Crippen LogP contribution in [0.1, 0.15) is 60.5 Å². The fourth-order valence-corrected chi connectivity index (χ4v) is 3.49. The maximum absolute atomic E-state index is 11.7.